The molecule has 0 unspecified atom stereocenters. The van der Waals surface area contributed by atoms with E-state index in [1.165, 1.54) is 51.2 Å². The van der Waals surface area contributed by atoms with Crippen molar-refractivity contribution in [2.75, 3.05) is 72.7 Å². The highest BCUT2D eigenvalue weighted by Gasteiger charge is 2.64. The van der Waals surface area contributed by atoms with Gasteiger partial charge in [0.1, 0.15) is 35.6 Å². The van der Waals surface area contributed by atoms with Crippen molar-refractivity contribution in [3.05, 3.63) is 87.0 Å². The molecule has 2 aromatic carbocycles. The van der Waals surface area contributed by atoms with Crippen LogP contribution in [0.1, 0.15) is 137 Å². The van der Waals surface area contributed by atoms with Crippen molar-refractivity contribution in [2.24, 2.45) is 23.5 Å². The Morgan fingerprint density at radius 2 is 1.64 bits per heavy atom. The molecule has 27 nitrogen and oxygen atoms in total. The molecule has 4 bridgehead atoms. The number of ether oxygens (including phenoxy) is 6. The van der Waals surface area contributed by atoms with E-state index in [9.17, 15) is 57.8 Å². The van der Waals surface area contributed by atoms with Crippen molar-refractivity contribution in [3.63, 3.8) is 0 Å². The minimum atomic E-state index is -1.67. The van der Waals surface area contributed by atoms with Crippen molar-refractivity contribution in [1.29, 1.82) is 0 Å². The summed E-state index contributed by atoms with van der Waals surface area (Å²) in [5.74, 6) is -7.98. The van der Waals surface area contributed by atoms with E-state index in [1.54, 1.807) is 39.1 Å². The maximum atomic E-state index is 14.6. The van der Waals surface area contributed by atoms with Gasteiger partial charge < -0.3 is 75.2 Å². The second kappa shape index (κ2) is 35.0. The normalized spacial score (nSPS) is 23.9. The molecule has 0 radical (unpaired) electrons. The number of aryl methyl sites for hydroxylation is 1. The Kier molecular flexibility index (Phi) is 28.2. The van der Waals surface area contributed by atoms with E-state index in [-0.39, 0.29) is 113 Å². The van der Waals surface area contributed by atoms with E-state index in [0.29, 0.717) is 32.7 Å². The highest BCUT2D eigenvalue weighted by atomic mass is 35.5. The van der Waals surface area contributed by atoms with Gasteiger partial charge in [0.05, 0.1) is 73.5 Å². The summed E-state index contributed by atoms with van der Waals surface area (Å²) >= 11 is 12.5. The number of carbonyl (C=O) groups excluding carboxylic acids is 11. The maximum absolute atomic E-state index is 14.6. The number of rotatable bonds is 28. The first kappa shape index (κ1) is 77.3. The lowest BCUT2D eigenvalue weighted by molar-refractivity contribution is -0.198. The summed E-state index contributed by atoms with van der Waals surface area (Å²) in [5.41, 5.74) is 5.25. The number of ketones is 1. The van der Waals surface area contributed by atoms with Crippen LogP contribution in [0.5, 0.6) is 0 Å². The highest BCUT2D eigenvalue weighted by Crippen LogP contribution is 2.50. The lowest BCUT2D eigenvalue weighted by Gasteiger charge is -2.41. The van der Waals surface area contributed by atoms with Gasteiger partial charge in [-0.3, -0.25) is 38.4 Å². The Morgan fingerprint density at radius 1 is 0.948 bits per heavy atom. The summed E-state index contributed by atoms with van der Waals surface area (Å²) in [7, 11) is 5.72. The van der Waals surface area contributed by atoms with Gasteiger partial charge in [-0.15, -0.1) is 5.06 Å². The molecule has 3 saturated heterocycles. The number of anilines is 1. The Balaban J connectivity index is 1.13. The number of hydroxylamine groups is 2. The fourth-order valence-electron chi connectivity index (χ4n) is 11.8. The number of carbonyl (C=O) groups is 11. The van der Waals surface area contributed by atoms with E-state index < -0.39 is 138 Å². The fraction of sp³-hybridized carbons (Fsp3) is 0.582. The number of esters is 2. The first-order valence-electron chi connectivity index (χ1n) is 32.0. The summed E-state index contributed by atoms with van der Waals surface area (Å²) in [6, 6.07) is 4.59. The summed E-state index contributed by atoms with van der Waals surface area (Å²) < 4.78 is 35.2. The minimum Gasteiger partial charge on any atom is -0.462 e. The molecular formula is C67H91ClN8O19S. The first-order valence-corrected chi connectivity index (χ1v) is 32.8. The smallest absolute Gasteiger partial charge is 0.335 e. The molecule has 0 aliphatic carbocycles. The van der Waals surface area contributed by atoms with Gasteiger partial charge in [0, 0.05) is 96.4 Å². The number of benzene rings is 2. The average Bonchev–Trinajstić information content (AvgIpc) is 1.57. The number of methoxy groups -OCH3 is 1. The molecule has 96 heavy (non-hydrogen) atoms. The van der Waals surface area contributed by atoms with Crippen LogP contribution in [0.25, 0.3) is 0 Å². The number of aliphatic hydroxyl groups is 1. The SMILES string of the molecule is CNC(=O)c1cc(C(=O)N(C)[C@@H](C)C(=O)O[C@H]2CC(=O)N(C)c3cc(cc(C)c3Cl)C/C(C)=C/C=C/[C@@H](OC)[C@]3(O)CC(=O)O[C@@H](C3)[C@@H](C)[C@@H]3O[C@@]23C)ccc1CC(=O)[C@H](CCCNC(N)=O)NC(=O)[C@@H](CC(=S)NCCOCCOCCC(=O)ON1C(=O)CCC1=O)C(C)C. The summed E-state index contributed by atoms with van der Waals surface area (Å²) in [4.78, 5) is 154. The predicted octanol–water partition coefficient (Wildman–Crippen LogP) is 4.39. The van der Waals surface area contributed by atoms with Gasteiger partial charge in [-0.25, -0.2) is 14.4 Å². The third-order valence-electron chi connectivity index (χ3n) is 17.7. The molecule has 29 heteroatoms. The molecule has 3 fully saturated rings. The van der Waals surface area contributed by atoms with Crippen LogP contribution in [-0.4, -0.2) is 201 Å². The fourth-order valence-corrected chi connectivity index (χ4v) is 12.3. The minimum absolute atomic E-state index is 0.0144. The standard InChI is InChI=1S/C67H91ClN8O19S/c1-37(2)45(33-53(96)71-23-25-91-27-26-90-24-21-57(81)95-76-54(78)19-20-55(76)79)62(84)73-47(15-13-22-72-65(69)87)49(77)32-43-17-18-44(31-46(43)61(83)70-8)63(85)74(9)41(6)64(86)93-52-34-56(80)75(10)48-30-42(29-39(4)59(48)68)28-38(3)14-12-16-51(89-11)67(88)35-50(92-58(82)36-67)40(5)60-66(52,7)94-60/h12,14,16-18,29-31,37,40-41,45,47,50-52,60,88H,13,15,19-28,32-36H2,1-11H3,(H,70,83)(H,71,96)(H,73,84)(H3,69,72,87)/b16-12+,38-14+/t40-,41+,45+,47+,50+,51-,52+,60+,66+,67-/m1/s1. The van der Waals surface area contributed by atoms with Crippen LogP contribution in [0.15, 0.2) is 54.1 Å². The number of halogens is 1. The van der Waals surface area contributed by atoms with E-state index in [4.69, 9.17) is 62.8 Å². The van der Waals surface area contributed by atoms with E-state index in [2.05, 4.69) is 21.3 Å². The monoisotopic (exact) mass is 1380 g/mol. The molecular weight excluding hydrogens is 1290 g/mol. The van der Waals surface area contributed by atoms with Gasteiger partial charge in [-0.05, 0) is 87.8 Å². The van der Waals surface area contributed by atoms with Crippen LogP contribution in [0.3, 0.4) is 0 Å². The molecule has 6 rings (SSSR count). The molecule has 10 atom stereocenters. The largest absolute Gasteiger partial charge is 0.462 e. The van der Waals surface area contributed by atoms with Crippen LogP contribution < -0.4 is 31.9 Å². The van der Waals surface area contributed by atoms with E-state index in [1.807, 2.05) is 39.8 Å². The Morgan fingerprint density at radius 3 is 2.29 bits per heavy atom. The highest BCUT2D eigenvalue weighted by molar-refractivity contribution is 7.80. The first-order chi connectivity index (χ1) is 45.3. The number of nitrogens with zero attached hydrogens (tertiary/aromatic N) is 3. The van der Waals surface area contributed by atoms with E-state index >= 15 is 0 Å². The van der Waals surface area contributed by atoms with Crippen LogP contribution in [-0.2, 0) is 84.5 Å². The summed E-state index contributed by atoms with van der Waals surface area (Å²) in [5, 5.41) is 23.8. The van der Waals surface area contributed by atoms with Gasteiger partial charge >= 0.3 is 23.9 Å². The van der Waals surface area contributed by atoms with Crippen molar-refractivity contribution in [3.8, 4) is 0 Å². The van der Waals surface area contributed by atoms with Crippen molar-refractivity contribution >= 4 is 99.7 Å². The van der Waals surface area contributed by atoms with Crippen LogP contribution in [0.2, 0.25) is 5.02 Å². The quantitative estimate of drug-likeness (QED) is 0.0226. The number of hydrogen-bond acceptors (Lipinski definition) is 20. The number of thiocarbonyl (C=S) groups is 1. The van der Waals surface area contributed by atoms with Crippen molar-refractivity contribution in [1.82, 2.24) is 31.2 Å². The third kappa shape index (κ3) is 20.7. The number of primary amides is 1. The number of imide groups is 1. The second-order valence-electron chi connectivity index (χ2n) is 25.3. The number of epoxide rings is 1. The Hall–Kier alpha value is -7.73. The molecule has 7 N–H and O–H groups in total. The number of allylic oxidation sites excluding steroid dienone is 3. The van der Waals surface area contributed by atoms with Crippen molar-refractivity contribution in [2.45, 2.75) is 167 Å². The van der Waals surface area contributed by atoms with Crippen LogP contribution in [0.4, 0.5) is 10.5 Å². The topological polar surface area (TPSA) is 360 Å². The number of fused-ring (bicyclic) bond motifs is 5. The molecule has 0 spiro atoms. The second-order valence-corrected chi connectivity index (χ2v) is 26.1. The molecule has 0 aromatic heterocycles. The zero-order valence-electron chi connectivity index (χ0n) is 56.3. The molecule has 4 heterocycles. The number of nitrogens with one attached hydrogen (secondary N) is 4. The van der Waals surface area contributed by atoms with Gasteiger partial charge in [0.2, 0.25) is 11.8 Å². The van der Waals surface area contributed by atoms with Gasteiger partial charge in [-0.1, -0.05) is 80.5 Å². The number of hydrogen-bond donors (Lipinski definition) is 6. The molecule has 2 aromatic rings. The van der Waals surface area contributed by atoms with E-state index in [0.717, 1.165) is 16.0 Å². The average molecular weight is 1380 g/mol. The number of nitrogens with two attached hydrogens (primary N) is 1. The van der Waals surface area contributed by atoms with Gasteiger partial charge in [0.15, 0.2) is 5.78 Å². The van der Waals surface area contributed by atoms with Crippen LogP contribution >= 0.6 is 23.8 Å². The third-order valence-corrected chi connectivity index (χ3v) is 18.5. The Bertz CT molecular complexity index is 3310. The molecule has 4 aliphatic heterocycles. The number of amides is 8. The summed E-state index contributed by atoms with van der Waals surface area (Å²) in [6.07, 6.45) is 0.865. The number of likely N-dealkylation sites (N-methyl/N-ethyl adjacent to an activating group) is 1. The van der Waals surface area contributed by atoms with Gasteiger partial charge in [0.25, 0.3) is 23.6 Å². The molecule has 526 valence electrons. The summed E-state index contributed by atoms with van der Waals surface area (Å²) in [6.45, 7) is 13.1. The van der Waals surface area contributed by atoms with Crippen molar-refractivity contribution < 1.29 is 91.1 Å². The zero-order chi connectivity index (χ0) is 70.9. The molecule has 8 amide bonds. The number of Topliss-reactive ketones (excluding diaryl/α,β-unsaturated/α-hetero) is 1. The number of urea groups is 1. The maximum Gasteiger partial charge on any atom is 0.335 e. The molecule has 0 saturated carbocycles. The lowest BCUT2D eigenvalue weighted by Crippen LogP contribution is -2.53. The zero-order valence-corrected chi connectivity index (χ0v) is 57.9. The van der Waals surface area contributed by atoms with Crippen LogP contribution in [0, 0.1) is 24.7 Å². The molecule has 4 aliphatic rings. The lowest BCUT2D eigenvalue weighted by atomic mass is 9.78. The van der Waals surface area contributed by atoms with Gasteiger partial charge in [-0.2, -0.15) is 0 Å². The Labute approximate surface area is 569 Å². The predicted molar refractivity (Wildman–Crippen MR) is 354 cm³/mol.